The number of hydrogen-bond acceptors (Lipinski definition) is 2. The van der Waals surface area contributed by atoms with Crippen LogP contribution in [0.1, 0.15) is 48.5 Å². The Kier molecular flexibility index (Phi) is 3.68. The van der Waals surface area contributed by atoms with E-state index in [4.69, 9.17) is 0 Å². The second kappa shape index (κ2) is 5.47. The molecule has 3 heteroatoms. The monoisotopic (exact) mass is 272 g/mol. The Balaban J connectivity index is 1.77. The van der Waals surface area contributed by atoms with Gasteiger partial charge in [0.15, 0.2) is 0 Å². The van der Waals surface area contributed by atoms with Crippen LogP contribution in [0.15, 0.2) is 18.2 Å². The van der Waals surface area contributed by atoms with E-state index in [2.05, 4.69) is 23.2 Å². The molecule has 0 heterocycles. The third kappa shape index (κ3) is 2.97. The van der Waals surface area contributed by atoms with Crippen LogP contribution in [-0.4, -0.2) is 29.9 Å². The van der Waals surface area contributed by atoms with Gasteiger partial charge in [-0.2, -0.15) is 0 Å². The van der Waals surface area contributed by atoms with Gasteiger partial charge in [-0.05, 0) is 69.2 Å². The topological polar surface area (TPSA) is 32.3 Å². The van der Waals surface area contributed by atoms with E-state index in [0.717, 1.165) is 35.8 Å². The van der Waals surface area contributed by atoms with Crippen molar-refractivity contribution in [2.45, 2.75) is 45.6 Å². The molecular formula is C17H24N2O. The number of hydrogen-bond donors (Lipinski definition) is 1. The molecule has 1 amide bonds. The first-order chi connectivity index (χ1) is 9.69. The van der Waals surface area contributed by atoms with E-state index < -0.39 is 0 Å². The molecule has 108 valence electrons. The third-order valence-corrected chi connectivity index (χ3v) is 4.24. The van der Waals surface area contributed by atoms with Crippen LogP contribution >= 0.6 is 0 Å². The molecule has 1 aromatic rings. The summed E-state index contributed by atoms with van der Waals surface area (Å²) >= 11 is 0. The maximum atomic E-state index is 12.8. The van der Waals surface area contributed by atoms with Crippen LogP contribution in [0.25, 0.3) is 0 Å². The van der Waals surface area contributed by atoms with Crippen LogP contribution in [0.3, 0.4) is 0 Å². The maximum absolute atomic E-state index is 12.8. The molecule has 0 aliphatic heterocycles. The third-order valence-electron chi connectivity index (χ3n) is 4.24. The van der Waals surface area contributed by atoms with Crippen molar-refractivity contribution in [2.75, 3.05) is 18.4 Å². The van der Waals surface area contributed by atoms with Gasteiger partial charge >= 0.3 is 0 Å². The van der Waals surface area contributed by atoms with Gasteiger partial charge in [-0.15, -0.1) is 0 Å². The summed E-state index contributed by atoms with van der Waals surface area (Å²) in [4.78, 5) is 14.9. The van der Waals surface area contributed by atoms with Gasteiger partial charge in [-0.3, -0.25) is 4.79 Å². The quantitative estimate of drug-likeness (QED) is 0.860. The number of amides is 1. The van der Waals surface area contributed by atoms with E-state index in [9.17, 15) is 4.79 Å². The van der Waals surface area contributed by atoms with Crippen molar-refractivity contribution < 1.29 is 4.79 Å². The van der Waals surface area contributed by atoms with Crippen molar-refractivity contribution in [3.05, 3.63) is 29.3 Å². The fourth-order valence-corrected chi connectivity index (χ4v) is 2.74. The number of carbonyl (C=O) groups excluding carboxylic acids is 1. The van der Waals surface area contributed by atoms with Crippen LogP contribution in [0.5, 0.6) is 0 Å². The Morgan fingerprint density at radius 1 is 1.30 bits per heavy atom. The Hall–Kier alpha value is -1.51. The molecule has 2 saturated carbocycles. The van der Waals surface area contributed by atoms with Crippen LogP contribution in [0.4, 0.5) is 5.69 Å². The fourth-order valence-electron chi connectivity index (χ4n) is 2.74. The molecule has 0 aromatic heterocycles. The summed E-state index contributed by atoms with van der Waals surface area (Å²) in [7, 11) is 0. The summed E-state index contributed by atoms with van der Waals surface area (Å²) in [6, 6.07) is 6.60. The van der Waals surface area contributed by atoms with Gasteiger partial charge in [0.05, 0.1) is 0 Å². The van der Waals surface area contributed by atoms with Gasteiger partial charge in [0.1, 0.15) is 0 Å². The number of anilines is 1. The molecule has 0 atom stereocenters. The highest BCUT2D eigenvalue weighted by atomic mass is 16.2. The first-order valence-corrected chi connectivity index (χ1v) is 7.84. The normalized spacial score (nSPS) is 17.9. The van der Waals surface area contributed by atoms with Crippen molar-refractivity contribution in [2.24, 2.45) is 5.92 Å². The Morgan fingerprint density at radius 2 is 2.05 bits per heavy atom. The highest BCUT2D eigenvalue weighted by Crippen LogP contribution is 2.36. The highest BCUT2D eigenvalue weighted by molar-refractivity contribution is 5.96. The summed E-state index contributed by atoms with van der Waals surface area (Å²) in [6.45, 7) is 6.00. The molecule has 0 unspecified atom stereocenters. The zero-order chi connectivity index (χ0) is 14.1. The molecule has 2 fully saturated rings. The van der Waals surface area contributed by atoms with Gasteiger partial charge in [0, 0.05) is 30.4 Å². The van der Waals surface area contributed by atoms with Gasteiger partial charge in [-0.25, -0.2) is 0 Å². The average molecular weight is 272 g/mol. The zero-order valence-electron chi connectivity index (χ0n) is 12.5. The molecule has 0 saturated heterocycles. The molecule has 2 aliphatic carbocycles. The molecule has 1 aromatic carbocycles. The van der Waals surface area contributed by atoms with E-state index >= 15 is 0 Å². The SMILES string of the molecule is CCNc1ccc(C(=O)N(CC2CC2)C2CC2)c(C)c1. The van der Waals surface area contributed by atoms with Crippen LogP contribution < -0.4 is 5.32 Å². The minimum Gasteiger partial charge on any atom is -0.385 e. The van der Waals surface area contributed by atoms with Gasteiger partial charge in [0.2, 0.25) is 0 Å². The van der Waals surface area contributed by atoms with Crippen LogP contribution in [0, 0.1) is 12.8 Å². The smallest absolute Gasteiger partial charge is 0.254 e. The summed E-state index contributed by atoms with van der Waals surface area (Å²) < 4.78 is 0. The number of aryl methyl sites for hydroxylation is 1. The molecular weight excluding hydrogens is 248 g/mol. The zero-order valence-corrected chi connectivity index (χ0v) is 12.5. The van der Waals surface area contributed by atoms with E-state index in [1.165, 1.54) is 25.7 Å². The van der Waals surface area contributed by atoms with E-state index in [1.54, 1.807) is 0 Å². The Bertz CT molecular complexity index is 504. The van der Waals surface area contributed by atoms with Crippen molar-refractivity contribution in [1.82, 2.24) is 4.90 Å². The van der Waals surface area contributed by atoms with E-state index in [1.807, 2.05) is 19.1 Å². The van der Waals surface area contributed by atoms with Crippen molar-refractivity contribution in [1.29, 1.82) is 0 Å². The molecule has 3 nitrogen and oxygen atoms in total. The molecule has 2 aliphatic rings. The molecule has 3 rings (SSSR count). The number of nitrogens with one attached hydrogen (secondary N) is 1. The Morgan fingerprint density at radius 3 is 2.60 bits per heavy atom. The first kappa shape index (κ1) is 13.5. The van der Waals surface area contributed by atoms with Gasteiger partial charge in [0.25, 0.3) is 5.91 Å². The highest BCUT2D eigenvalue weighted by Gasteiger charge is 2.37. The molecule has 20 heavy (non-hydrogen) atoms. The maximum Gasteiger partial charge on any atom is 0.254 e. The molecule has 0 spiro atoms. The minimum atomic E-state index is 0.236. The summed E-state index contributed by atoms with van der Waals surface area (Å²) in [6.07, 6.45) is 4.98. The first-order valence-electron chi connectivity index (χ1n) is 7.84. The predicted molar refractivity (Wildman–Crippen MR) is 82.1 cm³/mol. The molecule has 1 N–H and O–H groups in total. The standard InChI is InChI=1S/C17H24N2O/c1-3-18-14-6-9-16(12(2)10-14)17(20)19(15-7-8-15)11-13-4-5-13/h6,9-10,13,15,18H,3-5,7-8,11H2,1-2H3. The molecule has 0 radical (unpaired) electrons. The lowest BCUT2D eigenvalue weighted by atomic mass is 10.1. The summed E-state index contributed by atoms with van der Waals surface area (Å²) in [5.41, 5.74) is 3.05. The number of rotatable bonds is 6. The lowest BCUT2D eigenvalue weighted by molar-refractivity contribution is 0.0734. The Labute approximate surface area is 121 Å². The number of benzene rings is 1. The van der Waals surface area contributed by atoms with Crippen molar-refractivity contribution >= 4 is 11.6 Å². The van der Waals surface area contributed by atoms with Gasteiger partial charge in [-0.1, -0.05) is 0 Å². The number of nitrogens with zero attached hydrogens (tertiary/aromatic N) is 1. The van der Waals surface area contributed by atoms with Crippen LogP contribution in [-0.2, 0) is 0 Å². The number of carbonyl (C=O) groups is 1. The summed E-state index contributed by atoms with van der Waals surface area (Å²) in [5.74, 6) is 1.00. The molecule has 0 bridgehead atoms. The lowest BCUT2D eigenvalue weighted by Gasteiger charge is -2.23. The summed E-state index contributed by atoms with van der Waals surface area (Å²) in [5, 5.41) is 3.30. The fraction of sp³-hybridized carbons (Fsp3) is 0.588. The second-order valence-corrected chi connectivity index (χ2v) is 6.19. The largest absolute Gasteiger partial charge is 0.385 e. The van der Waals surface area contributed by atoms with E-state index in [0.29, 0.717) is 6.04 Å². The average Bonchev–Trinajstić information content (AvgIpc) is 3.28. The van der Waals surface area contributed by atoms with Crippen molar-refractivity contribution in [3.8, 4) is 0 Å². The van der Waals surface area contributed by atoms with Crippen LogP contribution in [0.2, 0.25) is 0 Å². The van der Waals surface area contributed by atoms with E-state index in [-0.39, 0.29) is 5.91 Å². The predicted octanol–water partition coefficient (Wildman–Crippen LogP) is 3.44. The second-order valence-electron chi connectivity index (χ2n) is 6.19. The van der Waals surface area contributed by atoms with Crippen molar-refractivity contribution in [3.63, 3.8) is 0 Å². The van der Waals surface area contributed by atoms with Gasteiger partial charge < -0.3 is 10.2 Å². The lowest BCUT2D eigenvalue weighted by Crippen LogP contribution is -2.35. The minimum absolute atomic E-state index is 0.236.